The molecule has 0 bridgehead atoms. The predicted octanol–water partition coefficient (Wildman–Crippen LogP) is 7.42. The summed E-state index contributed by atoms with van der Waals surface area (Å²) in [5.74, 6) is -0.0572. The number of fused-ring (bicyclic) bond motifs is 1. The second-order valence-corrected chi connectivity index (χ2v) is 11.9. The molecule has 10 heteroatoms. The Morgan fingerprint density at radius 3 is 2.36 bits per heavy atom. The standard InChI is InChI=1S/C32H30Cl2N4O4/c1-20-16-24(18-21-2-7-25(33)8-3-21)30-27(17-20)31(22-4-9-26(34)10-5-22)37(35-30)32(39)23-6-11-28(29(19-23)38(40)41)36-12-14-42-15-13-36/h2-11,18-20,27,31H,12-17H2,1H3/b24-18+/t20-,27-,31+/m1/s1. The highest BCUT2D eigenvalue weighted by molar-refractivity contribution is 6.30. The van der Waals surface area contributed by atoms with E-state index in [9.17, 15) is 14.9 Å². The molecule has 0 aromatic heterocycles. The summed E-state index contributed by atoms with van der Waals surface area (Å²) in [7, 11) is 0. The Hall–Kier alpha value is -3.72. The smallest absolute Gasteiger partial charge is 0.293 e. The topological polar surface area (TPSA) is 88.3 Å². The average molecular weight is 606 g/mol. The molecule has 1 aliphatic carbocycles. The van der Waals surface area contributed by atoms with Crippen LogP contribution in [-0.2, 0) is 4.74 Å². The molecular weight excluding hydrogens is 575 g/mol. The van der Waals surface area contributed by atoms with Gasteiger partial charge in [-0.1, -0.05) is 54.4 Å². The van der Waals surface area contributed by atoms with Crippen molar-refractivity contribution in [1.82, 2.24) is 5.01 Å². The lowest BCUT2D eigenvalue weighted by molar-refractivity contribution is -0.384. The van der Waals surface area contributed by atoms with Crippen molar-refractivity contribution in [3.8, 4) is 0 Å². The first-order chi connectivity index (χ1) is 20.3. The number of nitrogens with zero attached hydrogens (tertiary/aromatic N) is 4. The maximum atomic E-state index is 14.2. The molecule has 0 N–H and O–H groups in total. The van der Waals surface area contributed by atoms with Crippen molar-refractivity contribution in [3.05, 3.63) is 109 Å². The van der Waals surface area contributed by atoms with Crippen LogP contribution in [0.15, 0.2) is 77.4 Å². The number of rotatable bonds is 5. The number of nitro benzene ring substituents is 1. The quantitative estimate of drug-likeness (QED) is 0.223. The van der Waals surface area contributed by atoms with Crippen molar-refractivity contribution < 1.29 is 14.5 Å². The molecule has 0 unspecified atom stereocenters. The van der Waals surface area contributed by atoms with Gasteiger partial charge in [-0.25, -0.2) is 5.01 Å². The first-order valence-electron chi connectivity index (χ1n) is 14.0. The van der Waals surface area contributed by atoms with E-state index in [2.05, 4.69) is 13.0 Å². The molecule has 3 aromatic rings. The molecule has 3 aliphatic rings. The maximum Gasteiger partial charge on any atom is 0.293 e. The summed E-state index contributed by atoms with van der Waals surface area (Å²) in [6.45, 7) is 4.31. The third-order valence-electron chi connectivity index (χ3n) is 8.17. The van der Waals surface area contributed by atoms with Crippen molar-refractivity contribution >= 4 is 52.3 Å². The molecule has 3 atom stereocenters. The zero-order valence-electron chi connectivity index (χ0n) is 23.1. The van der Waals surface area contributed by atoms with Gasteiger partial charge in [0.25, 0.3) is 11.6 Å². The van der Waals surface area contributed by atoms with Gasteiger partial charge in [-0.3, -0.25) is 14.9 Å². The third-order valence-corrected chi connectivity index (χ3v) is 8.67. The van der Waals surface area contributed by atoms with Crippen LogP contribution in [0.2, 0.25) is 10.0 Å². The van der Waals surface area contributed by atoms with Crippen LogP contribution in [0.1, 0.15) is 47.3 Å². The summed E-state index contributed by atoms with van der Waals surface area (Å²) >= 11 is 12.3. The lowest BCUT2D eigenvalue weighted by Gasteiger charge is -2.32. The molecule has 2 fully saturated rings. The van der Waals surface area contributed by atoms with Crippen molar-refractivity contribution in [2.45, 2.75) is 25.8 Å². The Kier molecular flexibility index (Phi) is 8.03. The van der Waals surface area contributed by atoms with Crippen LogP contribution >= 0.6 is 23.2 Å². The van der Waals surface area contributed by atoms with Crippen LogP contribution in [0.3, 0.4) is 0 Å². The highest BCUT2D eigenvalue weighted by Gasteiger charge is 2.45. The van der Waals surface area contributed by atoms with E-state index in [1.807, 2.05) is 53.4 Å². The van der Waals surface area contributed by atoms with Gasteiger partial charge in [0.2, 0.25) is 0 Å². The van der Waals surface area contributed by atoms with E-state index in [4.69, 9.17) is 33.0 Å². The molecule has 2 heterocycles. The molecule has 0 spiro atoms. The van der Waals surface area contributed by atoms with Gasteiger partial charge in [0, 0.05) is 40.7 Å². The number of benzene rings is 3. The number of anilines is 1. The Bertz CT molecular complexity index is 1570. The molecule has 0 radical (unpaired) electrons. The molecule has 216 valence electrons. The highest BCUT2D eigenvalue weighted by Crippen LogP contribution is 2.47. The molecule has 1 saturated heterocycles. The lowest BCUT2D eigenvalue weighted by Crippen LogP contribution is -2.36. The van der Waals surface area contributed by atoms with Crippen LogP contribution in [0.5, 0.6) is 0 Å². The zero-order chi connectivity index (χ0) is 29.4. The number of hydrogen-bond acceptors (Lipinski definition) is 6. The molecule has 8 nitrogen and oxygen atoms in total. The third kappa shape index (κ3) is 5.67. The number of allylic oxidation sites excluding steroid dienone is 1. The normalized spacial score (nSPS) is 23.1. The van der Waals surface area contributed by atoms with Crippen molar-refractivity contribution in [3.63, 3.8) is 0 Å². The van der Waals surface area contributed by atoms with Gasteiger partial charge in [0.1, 0.15) is 5.69 Å². The second-order valence-electron chi connectivity index (χ2n) is 11.1. The number of amides is 1. The second kappa shape index (κ2) is 11.9. The number of ether oxygens (including phenoxy) is 1. The van der Waals surface area contributed by atoms with Gasteiger partial charge in [-0.05, 0) is 77.9 Å². The van der Waals surface area contributed by atoms with Crippen molar-refractivity contribution in [2.75, 3.05) is 31.2 Å². The minimum Gasteiger partial charge on any atom is -0.378 e. The first-order valence-corrected chi connectivity index (χ1v) is 14.8. The lowest BCUT2D eigenvalue weighted by atomic mass is 9.73. The van der Waals surface area contributed by atoms with Crippen LogP contribution in [0, 0.1) is 22.0 Å². The van der Waals surface area contributed by atoms with Gasteiger partial charge in [-0.2, -0.15) is 5.10 Å². The number of morpholine rings is 1. The predicted molar refractivity (Wildman–Crippen MR) is 165 cm³/mol. The van der Waals surface area contributed by atoms with E-state index in [-0.39, 0.29) is 29.1 Å². The molecular formula is C32H30Cl2N4O4. The number of hydrogen-bond donors (Lipinski definition) is 0. The van der Waals surface area contributed by atoms with Crippen LogP contribution < -0.4 is 4.90 Å². The van der Waals surface area contributed by atoms with E-state index < -0.39 is 4.92 Å². The average Bonchev–Trinajstić information content (AvgIpc) is 3.38. The van der Waals surface area contributed by atoms with E-state index in [0.717, 1.165) is 35.3 Å². The number of halogens is 2. The SMILES string of the molecule is C[C@@H]1C/C(=C\c2ccc(Cl)cc2)C2=NN(C(=O)c3ccc(N4CCOCC4)c([N+](=O)[O-])c3)[C@@H](c3ccc(Cl)cc3)[C@@H]2C1. The van der Waals surface area contributed by atoms with Gasteiger partial charge in [0.05, 0.1) is 29.9 Å². The Labute approximate surface area is 254 Å². The largest absolute Gasteiger partial charge is 0.378 e. The summed E-state index contributed by atoms with van der Waals surface area (Å²) in [6.07, 6.45) is 3.80. The molecule has 1 amide bonds. The summed E-state index contributed by atoms with van der Waals surface area (Å²) < 4.78 is 5.41. The number of carbonyl (C=O) groups excluding carboxylic acids is 1. The Balaban J connectivity index is 1.41. The first kappa shape index (κ1) is 28.4. The van der Waals surface area contributed by atoms with Crippen molar-refractivity contribution in [1.29, 1.82) is 0 Å². The molecule has 3 aromatic carbocycles. The van der Waals surface area contributed by atoms with E-state index >= 15 is 0 Å². The number of carbonyl (C=O) groups is 1. The van der Waals surface area contributed by atoms with Gasteiger partial charge >= 0.3 is 0 Å². The Morgan fingerprint density at radius 1 is 1.02 bits per heavy atom. The zero-order valence-corrected chi connectivity index (χ0v) is 24.6. The van der Waals surface area contributed by atoms with Crippen LogP contribution in [-0.4, -0.2) is 47.9 Å². The fraction of sp³-hybridized carbons (Fsp3) is 0.312. The highest BCUT2D eigenvalue weighted by atomic mass is 35.5. The summed E-state index contributed by atoms with van der Waals surface area (Å²) in [6, 6.07) is 19.5. The van der Waals surface area contributed by atoms with Gasteiger partial charge in [0.15, 0.2) is 0 Å². The number of hydrazone groups is 1. The van der Waals surface area contributed by atoms with Crippen LogP contribution in [0.4, 0.5) is 11.4 Å². The van der Waals surface area contributed by atoms with Gasteiger partial charge in [-0.15, -0.1) is 0 Å². The Morgan fingerprint density at radius 2 is 1.69 bits per heavy atom. The summed E-state index contributed by atoms with van der Waals surface area (Å²) in [5, 5.41) is 19.9. The summed E-state index contributed by atoms with van der Waals surface area (Å²) in [4.78, 5) is 27.8. The van der Waals surface area contributed by atoms with Gasteiger partial charge < -0.3 is 9.64 Å². The molecule has 1 saturated carbocycles. The molecule has 42 heavy (non-hydrogen) atoms. The molecule has 2 aliphatic heterocycles. The monoisotopic (exact) mass is 604 g/mol. The summed E-state index contributed by atoms with van der Waals surface area (Å²) in [5.41, 5.74) is 4.46. The minimum absolute atomic E-state index is 0.0416. The van der Waals surface area contributed by atoms with E-state index in [1.54, 1.807) is 12.1 Å². The number of nitro groups is 1. The minimum atomic E-state index is -0.428. The fourth-order valence-corrected chi connectivity index (χ4v) is 6.47. The van der Waals surface area contributed by atoms with Crippen LogP contribution in [0.25, 0.3) is 6.08 Å². The van der Waals surface area contributed by atoms with E-state index in [1.165, 1.54) is 11.1 Å². The van der Waals surface area contributed by atoms with Crippen molar-refractivity contribution in [2.24, 2.45) is 16.9 Å². The van der Waals surface area contributed by atoms with E-state index in [0.29, 0.717) is 48.0 Å². The fourth-order valence-electron chi connectivity index (χ4n) is 6.22. The molecule has 6 rings (SSSR count). The maximum absolute atomic E-state index is 14.2.